The largest absolute Gasteiger partial charge is 0.481 e. The molecule has 7 heteroatoms. The second-order valence-corrected chi connectivity index (χ2v) is 5.94. The van der Waals surface area contributed by atoms with Crippen LogP contribution in [0.1, 0.15) is 36.0 Å². The predicted molar refractivity (Wildman–Crippen MR) is 79.8 cm³/mol. The Balaban J connectivity index is 1.92. The highest BCUT2D eigenvalue weighted by atomic mass is 35.5. The summed E-state index contributed by atoms with van der Waals surface area (Å²) in [6.45, 7) is 1.25. The molecule has 1 aromatic rings. The van der Waals surface area contributed by atoms with Gasteiger partial charge >= 0.3 is 5.97 Å². The zero-order valence-corrected chi connectivity index (χ0v) is 12.9. The summed E-state index contributed by atoms with van der Waals surface area (Å²) in [5.74, 6) is -0.512. The Labute approximate surface area is 132 Å². The fourth-order valence-corrected chi connectivity index (χ4v) is 2.98. The fourth-order valence-electron chi connectivity index (χ4n) is 2.52. The van der Waals surface area contributed by atoms with Crippen molar-refractivity contribution < 1.29 is 14.7 Å². The van der Waals surface area contributed by atoms with Gasteiger partial charge < -0.3 is 10.0 Å². The normalized spacial score (nSPS) is 16.0. The van der Waals surface area contributed by atoms with Gasteiger partial charge in [-0.25, -0.2) is 4.98 Å². The van der Waals surface area contributed by atoms with Crippen LogP contribution in [0.25, 0.3) is 0 Å². The number of hydrogen-bond donors (Lipinski definition) is 1. The van der Waals surface area contributed by atoms with Crippen LogP contribution in [-0.2, 0) is 4.79 Å². The molecule has 0 saturated carbocycles. The molecule has 21 heavy (non-hydrogen) atoms. The molecule has 0 unspecified atom stereocenters. The molecule has 1 aromatic heterocycles. The van der Waals surface area contributed by atoms with Crippen LogP contribution in [0.2, 0.25) is 10.3 Å². The molecule has 0 bridgehead atoms. The molecule has 1 aliphatic heterocycles. The first-order chi connectivity index (χ1) is 9.95. The maximum absolute atomic E-state index is 12.4. The molecule has 1 aliphatic rings. The van der Waals surface area contributed by atoms with Crippen LogP contribution >= 0.6 is 23.2 Å². The first kappa shape index (κ1) is 16.0. The Kier molecular flexibility index (Phi) is 5.42. The van der Waals surface area contributed by atoms with Crippen molar-refractivity contribution in [2.24, 2.45) is 5.92 Å². The number of carbonyl (C=O) groups excluding carboxylic acids is 1. The summed E-state index contributed by atoms with van der Waals surface area (Å²) in [5.41, 5.74) is 0.434. The van der Waals surface area contributed by atoms with E-state index < -0.39 is 5.97 Å². The van der Waals surface area contributed by atoms with Gasteiger partial charge in [-0.3, -0.25) is 9.59 Å². The number of carboxylic acid groups (broad SMARTS) is 1. The minimum atomic E-state index is -0.769. The smallest absolute Gasteiger partial charge is 0.303 e. The van der Waals surface area contributed by atoms with Gasteiger partial charge in [0, 0.05) is 25.1 Å². The minimum Gasteiger partial charge on any atom is -0.481 e. The van der Waals surface area contributed by atoms with Crippen molar-refractivity contribution in [3.05, 3.63) is 28.0 Å². The van der Waals surface area contributed by atoms with Gasteiger partial charge in [0.05, 0.1) is 0 Å². The van der Waals surface area contributed by atoms with Gasteiger partial charge in [-0.05, 0) is 37.3 Å². The van der Waals surface area contributed by atoms with E-state index >= 15 is 0 Å². The first-order valence-electron chi connectivity index (χ1n) is 6.80. The number of piperidine rings is 1. The summed E-state index contributed by atoms with van der Waals surface area (Å²) in [6, 6.07) is 3.01. The van der Waals surface area contributed by atoms with Gasteiger partial charge in [0.15, 0.2) is 0 Å². The molecule has 0 radical (unpaired) electrons. The second-order valence-electron chi connectivity index (χ2n) is 5.17. The third-order valence-corrected chi connectivity index (χ3v) is 4.07. The molecule has 114 valence electrons. The number of rotatable bonds is 4. The van der Waals surface area contributed by atoms with Crippen LogP contribution in [-0.4, -0.2) is 40.0 Å². The van der Waals surface area contributed by atoms with Gasteiger partial charge in [0.1, 0.15) is 10.3 Å². The van der Waals surface area contributed by atoms with E-state index in [9.17, 15) is 9.59 Å². The highest BCUT2D eigenvalue weighted by Gasteiger charge is 2.24. The van der Waals surface area contributed by atoms with Crippen molar-refractivity contribution in [1.82, 2.24) is 9.88 Å². The van der Waals surface area contributed by atoms with E-state index in [0.29, 0.717) is 31.0 Å². The maximum Gasteiger partial charge on any atom is 0.303 e. The molecular weight excluding hydrogens is 315 g/mol. The summed E-state index contributed by atoms with van der Waals surface area (Å²) in [7, 11) is 0. The Morgan fingerprint density at radius 3 is 2.33 bits per heavy atom. The van der Waals surface area contributed by atoms with Crippen molar-refractivity contribution in [2.75, 3.05) is 13.1 Å². The number of pyridine rings is 1. The number of halogens is 2. The van der Waals surface area contributed by atoms with Gasteiger partial charge in [0.2, 0.25) is 0 Å². The van der Waals surface area contributed by atoms with Gasteiger partial charge in [-0.2, -0.15) is 0 Å². The highest BCUT2D eigenvalue weighted by Crippen LogP contribution is 2.24. The van der Waals surface area contributed by atoms with E-state index in [-0.39, 0.29) is 22.6 Å². The number of carboxylic acids is 1. The third-order valence-electron chi connectivity index (χ3n) is 3.68. The average molecular weight is 331 g/mol. The first-order valence-corrected chi connectivity index (χ1v) is 7.55. The number of amides is 1. The molecule has 0 aromatic carbocycles. The predicted octanol–water partition coefficient (Wildman–Crippen LogP) is 3.11. The van der Waals surface area contributed by atoms with Crippen LogP contribution in [0.4, 0.5) is 0 Å². The van der Waals surface area contributed by atoms with Crippen molar-refractivity contribution in [2.45, 2.75) is 25.7 Å². The number of aliphatic carboxylic acids is 1. The van der Waals surface area contributed by atoms with E-state index in [4.69, 9.17) is 28.3 Å². The molecule has 0 spiro atoms. The summed E-state index contributed by atoms with van der Waals surface area (Å²) in [5, 5.41) is 9.08. The van der Waals surface area contributed by atoms with Crippen LogP contribution < -0.4 is 0 Å². The van der Waals surface area contributed by atoms with E-state index in [1.54, 1.807) is 4.90 Å². The van der Waals surface area contributed by atoms with Gasteiger partial charge in [0.25, 0.3) is 5.91 Å². The Morgan fingerprint density at radius 2 is 1.81 bits per heavy atom. The molecule has 1 amide bonds. The van der Waals surface area contributed by atoms with E-state index in [1.807, 2.05) is 0 Å². The zero-order chi connectivity index (χ0) is 15.4. The van der Waals surface area contributed by atoms with Crippen molar-refractivity contribution in [1.29, 1.82) is 0 Å². The lowest BCUT2D eigenvalue weighted by Gasteiger charge is -2.32. The fraction of sp³-hybridized carbons (Fsp3) is 0.500. The maximum atomic E-state index is 12.4. The molecule has 0 atom stereocenters. The van der Waals surface area contributed by atoms with E-state index in [0.717, 1.165) is 12.8 Å². The summed E-state index contributed by atoms with van der Waals surface area (Å²) in [4.78, 5) is 28.5. The Morgan fingerprint density at radius 1 is 1.24 bits per heavy atom. The lowest BCUT2D eigenvalue weighted by atomic mass is 9.92. The average Bonchev–Trinajstić information content (AvgIpc) is 2.44. The zero-order valence-electron chi connectivity index (χ0n) is 11.4. The topological polar surface area (TPSA) is 70.5 Å². The lowest BCUT2D eigenvalue weighted by Crippen LogP contribution is -2.38. The van der Waals surface area contributed by atoms with E-state index in [2.05, 4.69) is 4.98 Å². The SMILES string of the molecule is O=C(O)CCC1CCN(C(=O)c2cc(Cl)nc(Cl)c2)CC1. The molecule has 2 rings (SSSR count). The summed E-state index contributed by atoms with van der Waals surface area (Å²) in [6.07, 6.45) is 2.51. The number of nitrogens with zero attached hydrogens (tertiary/aromatic N) is 2. The van der Waals surface area contributed by atoms with Crippen LogP contribution in [0.15, 0.2) is 12.1 Å². The van der Waals surface area contributed by atoms with Crippen LogP contribution in [0, 0.1) is 5.92 Å². The van der Waals surface area contributed by atoms with Gasteiger partial charge in [-0.15, -0.1) is 0 Å². The molecule has 5 nitrogen and oxygen atoms in total. The minimum absolute atomic E-state index is 0.113. The molecule has 1 fully saturated rings. The van der Waals surface area contributed by atoms with E-state index in [1.165, 1.54) is 12.1 Å². The molecule has 2 heterocycles. The van der Waals surface area contributed by atoms with Crippen LogP contribution in [0.5, 0.6) is 0 Å². The quantitative estimate of drug-likeness (QED) is 0.861. The molecule has 1 N–H and O–H groups in total. The molecule has 1 saturated heterocycles. The number of aromatic nitrogens is 1. The molecule has 0 aliphatic carbocycles. The summed E-state index contributed by atoms with van der Waals surface area (Å²) < 4.78 is 0. The summed E-state index contributed by atoms with van der Waals surface area (Å²) >= 11 is 11.6. The van der Waals surface area contributed by atoms with Gasteiger partial charge in [-0.1, -0.05) is 23.2 Å². The monoisotopic (exact) mass is 330 g/mol. The van der Waals surface area contributed by atoms with Crippen LogP contribution in [0.3, 0.4) is 0 Å². The standard InChI is InChI=1S/C14H16Cl2N2O3/c15-11-7-10(8-12(16)17-11)14(21)18-5-3-9(4-6-18)1-2-13(19)20/h7-9H,1-6H2,(H,19,20). The Hall–Kier alpha value is -1.33. The number of likely N-dealkylation sites (tertiary alicyclic amines) is 1. The number of hydrogen-bond acceptors (Lipinski definition) is 3. The van der Waals surface area contributed by atoms with Crippen molar-refractivity contribution in [3.63, 3.8) is 0 Å². The second kappa shape index (κ2) is 7.09. The van der Waals surface area contributed by atoms with Crippen molar-refractivity contribution in [3.8, 4) is 0 Å². The lowest BCUT2D eigenvalue weighted by molar-refractivity contribution is -0.137. The van der Waals surface area contributed by atoms with Crippen molar-refractivity contribution >= 4 is 35.1 Å². The Bertz CT molecular complexity index is 523. The number of carbonyl (C=O) groups is 2. The highest BCUT2D eigenvalue weighted by molar-refractivity contribution is 6.33. The molecular formula is C14H16Cl2N2O3. The third kappa shape index (κ3) is 4.58.